The Labute approximate surface area is 107 Å². The summed E-state index contributed by atoms with van der Waals surface area (Å²) in [5.74, 6) is 1.10. The molecule has 18 heavy (non-hydrogen) atoms. The minimum atomic E-state index is -0.0659. The van der Waals surface area contributed by atoms with Crippen molar-refractivity contribution in [3.63, 3.8) is 0 Å². The molecule has 0 radical (unpaired) electrons. The maximum Gasteiger partial charge on any atom is 0.239 e. The molecular formula is C12H20N4O2. The Balaban J connectivity index is 1.72. The van der Waals surface area contributed by atoms with Crippen LogP contribution >= 0.6 is 0 Å². The van der Waals surface area contributed by atoms with Crippen LogP contribution in [0.2, 0.25) is 0 Å². The highest BCUT2D eigenvalue weighted by molar-refractivity contribution is 5.91. The Morgan fingerprint density at radius 2 is 2.56 bits per heavy atom. The molecule has 1 atom stereocenters. The summed E-state index contributed by atoms with van der Waals surface area (Å²) < 4.78 is 4.89. The zero-order valence-corrected chi connectivity index (χ0v) is 10.9. The third-order valence-corrected chi connectivity index (χ3v) is 3.00. The van der Waals surface area contributed by atoms with E-state index in [9.17, 15) is 4.79 Å². The second-order valence-corrected chi connectivity index (χ2v) is 4.86. The number of rotatable bonds is 5. The molecule has 1 aromatic rings. The van der Waals surface area contributed by atoms with Crippen molar-refractivity contribution in [2.45, 2.75) is 25.8 Å². The van der Waals surface area contributed by atoms with Crippen molar-refractivity contribution >= 4 is 11.7 Å². The summed E-state index contributed by atoms with van der Waals surface area (Å²) in [6.45, 7) is 4.14. The van der Waals surface area contributed by atoms with E-state index in [0.29, 0.717) is 24.2 Å². The van der Waals surface area contributed by atoms with E-state index < -0.39 is 0 Å². The highest BCUT2D eigenvalue weighted by atomic mass is 16.5. The maximum absolute atomic E-state index is 11.8. The quantitative estimate of drug-likeness (QED) is 0.803. The SMILES string of the molecule is Cc1cc(NC(=O)CN(C)CC2CCCN2)no1. The average Bonchev–Trinajstić information content (AvgIpc) is 2.90. The van der Waals surface area contributed by atoms with Gasteiger partial charge in [0.25, 0.3) is 0 Å². The van der Waals surface area contributed by atoms with Crippen LogP contribution in [0, 0.1) is 6.92 Å². The normalized spacial score (nSPS) is 19.4. The van der Waals surface area contributed by atoms with Gasteiger partial charge in [0.15, 0.2) is 5.82 Å². The van der Waals surface area contributed by atoms with Crippen molar-refractivity contribution in [3.8, 4) is 0 Å². The lowest BCUT2D eigenvalue weighted by atomic mass is 10.2. The Bertz CT molecular complexity index is 399. The predicted molar refractivity (Wildman–Crippen MR) is 68.4 cm³/mol. The number of hydrogen-bond acceptors (Lipinski definition) is 5. The van der Waals surface area contributed by atoms with E-state index in [1.165, 1.54) is 12.8 Å². The Kier molecular flexibility index (Phi) is 4.33. The monoisotopic (exact) mass is 252 g/mol. The van der Waals surface area contributed by atoms with Crippen LogP contribution in [-0.2, 0) is 4.79 Å². The lowest BCUT2D eigenvalue weighted by Crippen LogP contribution is -2.39. The van der Waals surface area contributed by atoms with Gasteiger partial charge >= 0.3 is 0 Å². The van der Waals surface area contributed by atoms with E-state index >= 15 is 0 Å². The molecule has 0 saturated carbocycles. The van der Waals surface area contributed by atoms with Gasteiger partial charge in [0.05, 0.1) is 6.54 Å². The minimum absolute atomic E-state index is 0.0659. The van der Waals surface area contributed by atoms with Gasteiger partial charge in [-0.3, -0.25) is 9.69 Å². The molecule has 0 bridgehead atoms. The Morgan fingerprint density at radius 1 is 1.72 bits per heavy atom. The number of amides is 1. The van der Waals surface area contributed by atoms with E-state index in [4.69, 9.17) is 4.52 Å². The first-order valence-electron chi connectivity index (χ1n) is 6.28. The molecule has 1 aromatic heterocycles. The zero-order valence-electron chi connectivity index (χ0n) is 10.9. The molecule has 0 aromatic carbocycles. The topological polar surface area (TPSA) is 70.4 Å². The second kappa shape index (κ2) is 5.97. The van der Waals surface area contributed by atoms with Gasteiger partial charge in [-0.2, -0.15) is 0 Å². The molecule has 1 aliphatic rings. The molecule has 2 rings (SSSR count). The van der Waals surface area contributed by atoms with Gasteiger partial charge in [0, 0.05) is 18.7 Å². The summed E-state index contributed by atoms with van der Waals surface area (Å²) >= 11 is 0. The highest BCUT2D eigenvalue weighted by Crippen LogP contribution is 2.08. The summed E-state index contributed by atoms with van der Waals surface area (Å²) in [6.07, 6.45) is 2.41. The van der Waals surface area contributed by atoms with Gasteiger partial charge in [0.2, 0.25) is 5.91 Å². The van der Waals surface area contributed by atoms with Crippen molar-refractivity contribution < 1.29 is 9.32 Å². The van der Waals surface area contributed by atoms with Gasteiger partial charge in [0.1, 0.15) is 5.76 Å². The summed E-state index contributed by atoms with van der Waals surface area (Å²) in [5.41, 5.74) is 0. The summed E-state index contributed by atoms with van der Waals surface area (Å²) in [7, 11) is 1.95. The summed E-state index contributed by atoms with van der Waals surface area (Å²) in [6, 6.07) is 2.22. The van der Waals surface area contributed by atoms with Crippen LogP contribution in [0.4, 0.5) is 5.82 Å². The number of nitrogens with one attached hydrogen (secondary N) is 2. The predicted octanol–water partition coefficient (Wildman–Crippen LogP) is 0.605. The molecule has 2 heterocycles. The molecule has 1 unspecified atom stereocenters. The molecule has 1 aliphatic heterocycles. The molecule has 6 nitrogen and oxygen atoms in total. The fourth-order valence-corrected chi connectivity index (χ4v) is 2.21. The van der Waals surface area contributed by atoms with Crippen LogP contribution in [0.5, 0.6) is 0 Å². The molecule has 1 saturated heterocycles. The smallest absolute Gasteiger partial charge is 0.239 e. The van der Waals surface area contributed by atoms with Crippen molar-refractivity contribution in [2.75, 3.05) is 32.0 Å². The largest absolute Gasteiger partial charge is 0.360 e. The van der Waals surface area contributed by atoms with Crippen LogP contribution < -0.4 is 10.6 Å². The molecule has 100 valence electrons. The van der Waals surface area contributed by atoms with E-state index in [1.54, 1.807) is 13.0 Å². The van der Waals surface area contributed by atoms with Gasteiger partial charge < -0.3 is 15.2 Å². The number of carbonyl (C=O) groups excluding carboxylic acids is 1. The zero-order chi connectivity index (χ0) is 13.0. The maximum atomic E-state index is 11.8. The average molecular weight is 252 g/mol. The molecular weight excluding hydrogens is 232 g/mol. The molecule has 2 N–H and O–H groups in total. The molecule has 0 aliphatic carbocycles. The van der Waals surface area contributed by atoms with E-state index in [0.717, 1.165) is 13.1 Å². The van der Waals surface area contributed by atoms with Crippen molar-refractivity contribution in [2.24, 2.45) is 0 Å². The van der Waals surface area contributed by atoms with Crippen LogP contribution in [-0.4, -0.2) is 48.7 Å². The molecule has 1 amide bonds. The molecule has 6 heteroatoms. The van der Waals surface area contributed by atoms with E-state index in [1.807, 2.05) is 11.9 Å². The number of aromatic nitrogens is 1. The fourth-order valence-electron chi connectivity index (χ4n) is 2.21. The van der Waals surface area contributed by atoms with E-state index in [2.05, 4.69) is 15.8 Å². The minimum Gasteiger partial charge on any atom is -0.360 e. The fraction of sp³-hybridized carbons (Fsp3) is 0.667. The van der Waals surface area contributed by atoms with Crippen LogP contribution in [0.25, 0.3) is 0 Å². The number of hydrogen-bond donors (Lipinski definition) is 2. The Morgan fingerprint density at radius 3 is 3.17 bits per heavy atom. The van der Waals surface area contributed by atoms with Crippen molar-refractivity contribution in [1.29, 1.82) is 0 Å². The van der Waals surface area contributed by atoms with Crippen molar-refractivity contribution in [3.05, 3.63) is 11.8 Å². The third-order valence-electron chi connectivity index (χ3n) is 3.00. The standard InChI is InChI=1S/C12H20N4O2/c1-9-6-11(15-18-9)14-12(17)8-16(2)7-10-4-3-5-13-10/h6,10,13H,3-5,7-8H2,1-2H3,(H,14,15,17). The van der Waals surface area contributed by atoms with Crippen LogP contribution in [0.3, 0.4) is 0 Å². The second-order valence-electron chi connectivity index (χ2n) is 4.86. The lowest BCUT2D eigenvalue weighted by molar-refractivity contribution is -0.117. The van der Waals surface area contributed by atoms with Gasteiger partial charge in [-0.05, 0) is 33.4 Å². The van der Waals surface area contributed by atoms with Gasteiger partial charge in [-0.25, -0.2) is 0 Å². The number of anilines is 1. The number of likely N-dealkylation sites (N-methyl/N-ethyl adjacent to an activating group) is 1. The number of aryl methyl sites for hydroxylation is 1. The van der Waals surface area contributed by atoms with Crippen molar-refractivity contribution in [1.82, 2.24) is 15.4 Å². The van der Waals surface area contributed by atoms with E-state index in [-0.39, 0.29) is 5.91 Å². The molecule has 0 spiro atoms. The summed E-state index contributed by atoms with van der Waals surface area (Å²) in [5, 5.41) is 9.85. The van der Waals surface area contributed by atoms with Crippen LogP contribution in [0.1, 0.15) is 18.6 Å². The first-order chi connectivity index (χ1) is 8.63. The molecule has 1 fully saturated rings. The van der Waals surface area contributed by atoms with Gasteiger partial charge in [-0.15, -0.1) is 0 Å². The highest BCUT2D eigenvalue weighted by Gasteiger charge is 2.17. The first-order valence-corrected chi connectivity index (χ1v) is 6.28. The lowest BCUT2D eigenvalue weighted by Gasteiger charge is -2.20. The van der Waals surface area contributed by atoms with Gasteiger partial charge in [-0.1, -0.05) is 5.16 Å². The number of nitrogens with zero attached hydrogens (tertiary/aromatic N) is 2. The summed E-state index contributed by atoms with van der Waals surface area (Å²) in [4.78, 5) is 13.8. The third kappa shape index (κ3) is 3.82. The van der Waals surface area contributed by atoms with Crippen LogP contribution in [0.15, 0.2) is 10.6 Å². The first kappa shape index (κ1) is 13.0. The Hall–Kier alpha value is -1.40. The number of carbonyl (C=O) groups is 1.